The first-order valence-electron chi connectivity index (χ1n) is 3.83. The Hall–Kier alpha value is -1.56. The molecule has 6 heteroatoms. The summed E-state index contributed by atoms with van der Waals surface area (Å²) >= 11 is 0. The number of urea groups is 1. The van der Waals surface area contributed by atoms with Crippen molar-refractivity contribution in [3.63, 3.8) is 0 Å². The molecule has 1 aromatic heterocycles. The molecule has 72 valence electrons. The Kier molecular flexibility index (Phi) is 3.27. The van der Waals surface area contributed by atoms with Gasteiger partial charge >= 0.3 is 6.03 Å². The van der Waals surface area contributed by atoms with E-state index in [1.807, 2.05) is 6.92 Å². The lowest BCUT2D eigenvalue weighted by atomic mass is 10.2. The van der Waals surface area contributed by atoms with Crippen molar-refractivity contribution in [1.29, 1.82) is 0 Å². The second kappa shape index (κ2) is 4.46. The zero-order valence-electron chi connectivity index (χ0n) is 7.50. The number of carbonyl (C=O) groups excluding carboxylic acids is 1. The van der Waals surface area contributed by atoms with Crippen molar-refractivity contribution in [2.75, 3.05) is 7.11 Å². The number of nitrogens with one attached hydrogen (secondary N) is 3. The van der Waals surface area contributed by atoms with Gasteiger partial charge in [0.15, 0.2) is 0 Å². The summed E-state index contributed by atoms with van der Waals surface area (Å²) in [5, 5.41) is 9.16. The first-order chi connectivity index (χ1) is 6.24. The van der Waals surface area contributed by atoms with Gasteiger partial charge in [0.05, 0.1) is 18.8 Å². The summed E-state index contributed by atoms with van der Waals surface area (Å²) in [6, 6.07) is 1.28. The van der Waals surface area contributed by atoms with Crippen LogP contribution in [0.3, 0.4) is 0 Å². The molecule has 0 aliphatic heterocycles. The lowest BCUT2D eigenvalue weighted by molar-refractivity contribution is 0.106. The minimum atomic E-state index is -0.385. The first-order valence-corrected chi connectivity index (χ1v) is 3.83. The topological polar surface area (TPSA) is 79.0 Å². The van der Waals surface area contributed by atoms with Gasteiger partial charge in [-0.3, -0.25) is 9.94 Å². The standard InChI is InChI=1S/C7H12N4O2/c1-5(6-3-4-8-10-6)9-7(12)11-13-2/h3-5H,1-2H3,(H,8,10)(H2,9,11,12). The zero-order chi connectivity index (χ0) is 9.68. The van der Waals surface area contributed by atoms with E-state index in [0.29, 0.717) is 0 Å². The Morgan fingerprint density at radius 3 is 3.08 bits per heavy atom. The zero-order valence-corrected chi connectivity index (χ0v) is 7.50. The average molecular weight is 184 g/mol. The number of aromatic amines is 1. The van der Waals surface area contributed by atoms with E-state index in [9.17, 15) is 4.79 Å². The van der Waals surface area contributed by atoms with Crippen LogP contribution in [0.2, 0.25) is 0 Å². The summed E-state index contributed by atoms with van der Waals surface area (Å²) in [7, 11) is 1.38. The van der Waals surface area contributed by atoms with Crippen LogP contribution in [-0.4, -0.2) is 23.3 Å². The fourth-order valence-electron chi connectivity index (χ4n) is 0.904. The predicted octanol–water partition coefficient (Wildman–Crippen LogP) is 0.331. The monoisotopic (exact) mass is 184 g/mol. The minimum Gasteiger partial charge on any atom is -0.328 e. The highest BCUT2D eigenvalue weighted by Gasteiger charge is 2.09. The van der Waals surface area contributed by atoms with Gasteiger partial charge in [0.1, 0.15) is 0 Å². The molecule has 0 aromatic carbocycles. The second-order valence-corrected chi connectivity index (χ2v) is 2.51. The van der Waals surface area contributed by atoms with E-state index in [1.54, 1.807) is 12.3 Å². The van der Waals surface area contributed by atoms with E-state index in [4.69, 9.17) is 0 Å². The fraction of sp³-hybridized carbons (Fsp3) is 0.429. The molecule has 3 N–H and O–H groups in total. The largest absolute Gasteiger partial charge is 0.339 e. The van der Waals surface area contributed by atoms with E-state index in [-0.39, 0.29) is 12.1 Å². The summed E-state index contributed by atoms with van der Waals surface area (Å²) in [6.45, 7) is 1.84. The lowest BCUT2D eigenvalue weighted by Gasteiger charge is -2.11. The van der Waals surface area contributed by atoms with Gasteiger partial charge in [-0.2, -0.15) is 5.10 Å². The molecule has 13 heavy (non-hydrogen) atoms. The Morgan fingerprint density at radius 1 is 1.77 bits per heavy atom. The van der Waals surface area contributed by atoms with Gasteiger partial charge in [-0.05, 0) is 13.0 Å². The number of hydrogen-bond donors (Lipinski definition) is 3. The molecule has 0 fully saturated rings. The van der Waals surface area contributed by atoms with Crippen LogP contribution < -0.4 is 10.8 Å². The van der Waals surface area contributed by atoms with Gasteiger partial charge in [0.2, 0.25) is 0 Å². The molecule has 0 saturated heterocycles. The third-order valence-corrected chi connectivity index (χ3v) is 1.53. The Balaban J connectivity index is 2.42. The second-order valence-electron chi connectivity index (χ2n) is 2.51. The number of hydrogen-bond acceptors (Lipinski definition) is 3. The number of amides is 2. The Bertz CT molecular complexity index is 259. The summed E-state index contributed by atoms with van der Waals surface area (Å²) in [6.07, 6.45) is 1.63. The van der Waals surface area contributed by atoms with Gasteiger partial charge in [-0.1, -0.05) is 0 Å². The number of rotatable bonds is 3. The molecule has 0 radical (unpaired) electrons. The van der Waals surface area contributed by atoms with Crippen LogP contribution in [0.5, 0.6) is 0 Å². The molecule has 0 spiro atoms. The Labute approximate surface area is 75.6 Å². The maximum Gasteiger partial charge on any atom is 0.339 e. The van der Waals surface area contributed by atoms with Crippen LogP contribution in [0.25, 0.3) is 0 Å². The summed E-state index contributed by atoms with van der Waals surface area (Å²) in [5.74, 6) is 0. The maximum atomic E-state index is 11.0. The number of aromatic nitrogens is 2. The van der Waals surface area contributed by atoms with E-state index >= 15 is 0 Å². The highest BCUT2D eigenvalue weighted by Crippen LogP contribution is 2.06. The lowest BCUT2D eigenvalue weighted by Crippen LogP contribution is -2.36. The third-order valence-electron chi connectivity index (χ3n) is 1.53. The molecular weight excluding hydrogens is 172 g/mol. The SMILES string of the molecule is CONC(=O)NC(C)c1ccn[nH]1. The summed E-state index contributed by atoms with van der Waals surface area (Å²) < 4.78 is 0. The number of carbonyl (C=O) groups is 1. The van der Waals surface area contributed by atoms with Crippen LogP contribution in [0.1, 0.15) is 18.7 Å². The number of nitrogens with zero attached hydrogens (tertiary/aromatic N) is 1. The van der Waals surface area contributed by atoms with Gasteiger partial charge in [0, 0.05) is 6.20 Å². The molecule has 2 amide bonds. The third kappa shape index (κ3) is 2.75. The van der Waals surface area contributed by atoms with Gasteiger partial charge < -0.3 is 5.32 Å². The molecule has 0 saturated carbocycles. The van der Waals surface area contributed by atoms with Crippen molar-refractivity contribution in [1.82, 2.24) is 21.0 Å². The molecule has 1 atom stereocenters. The first kappa shape index (κ1) is 9.53. The van der Waals surface area contributed by atoms with Crippen molar-refractivity contribution in [3.8, 4) is 0 Å². The maximum absolute atomic E-state index is 11.0. The highest BCUT2D eigenvalue weighted by atomic mass is 16.6. The van der Waals surface area contributed by atoms with Crippen LogP contribution in [0.4, 0.5) is 4.79 Å². The molecule has 1 rings (SSSR count). The minimum absolute atomic E-state index is 0.127. The van der Waals surface area contributed by atoms with Crippen LogP contribution >= 0.6 is 0 Å². The van der Waals surface area contributed by atoms with E-state index in [1.165, 1.54) is 7.11 Å². The normalized spacial score (nSPS) is 12.2. The van der Waals surface area contributed by atoms with Crippen LogP contribution in [0.15, 0.2) is 12.3 Å². The quantitative estimate of drug-likeness (QED) is 0.592. The number of hydroxylamine groups is 1. The molecule has 1 aromatic rings. The highest BCUT2D eigenvalue weighted by molar-refractivity contribution is 5.73. The Morgan fingerprint density at radius 2 is 2.54 bits per heavy atom. The van der Waals surface area contributed by atoms with Crippen molar-refractivity contribution < 1.29 is 9.63 Å². The van der Waals surface area contributed by atoms with Crippen LogP contribution in [-0.2, 0) is 4.84 Å². The fourth-order valence-corrected chi connectivity index (χ4v) is 0.904. The van der Waals surface area contributed by atoms with E-state index in [0.717, 1.165) is 5.69 Å². The average Bonchev–Trinajstić information content (AvgIpc) is 2.55. The van der Waals surface area contributed by atoms with E-state index in [2.05, 4.69) is 25.8 Å². The molecule has 0 aliphatic rings. The predicted molar refractivity (Wildman–Crippen MR) is 45.7 cm³/mol. The molecular formula is C7H12N4O2. The van der Waals surface area contributed by atoms with Crippen molar-refractivity contribution >= 4 is 6.03 Å². The number of H-pyrrole nitrogens is 1. The summed E-state index contributed by atoms with van der Waals surface area (Å²) in [4.78, 5) is 15.4. The summed E-state index contributed by atoms with van der Waals surface area (Å²) in [5.41, 5.74) is 2.99. The van der Waals surface area contributed by atoms with Crippen molar-refractivity contribution in [3.05, 3.63) is 18.0 Å². The molecule has 0 aliphatic carbocycles. The van der Waals surface area contributed by atoms with Gasteiger partial charge in [0.25, 0.3) is 0 Å². The van der Waals surface area contributed by atoms with Crippen molar-refractivity contribution in [2.24, 2.45) is 0 Å². The van der Waals surface area contributed by atoms with E-state index < -0.39 is 0 Å². The van der Waals surface area contributed by atoms with Gasteiger partial charge in [-0.15, -0.1) is 0 Å². The molecule has 6 nitrogen and oxygen atoms in total. The smallest absolute Gasteiger partial charge is 0.328 e. The molecule has 1 heterocycles. The molecule has 1 unspecified atom stereocenters. The molecule has 0 bridgehead atoms. The van der Waals surface area contributed by atoms with Crippen LogP contribution in [0, 0.1) is 0 Å². The van der Waals surface area contributed by atoms with Crippen molar-refractivity contribution in [2.45, 2.75) is 13.0 Å². The van der Waals surface area contributed by atoms with Gasteiger partial charge in [-0.25, -0.2) is 10.3 Å².